The number of hydrogen-bond acceptors (Lipinski definition) is 5. The zero-order valence-corrected chi connectivity index (χ0v) is 18.8. The fourth-order valence-electron chi connectivity index (χ4n) is 4.37. The van der Waals surface area contributed by atoms with Gasteiger partial charge < -0.3 is 9.30 Å². The highest BCUT2D eigenvalue weighted by Crippen LogP contribution is 2.29. The van der Waals surface area contributed by atoms with E-state index in [0.717, 1.165) is 34.4 Å². The standard InChI is InChI=1S/C25H23F2N5O2/c1-15-7-10-23(33)32(15)25-28-12-19(13-29-25)17-8-9-20-21(11-17)31(16(2)30-20)14-18-5-3-4-6-22(18)34-24(26)27/h3-6,8-9,11-13,15,24H,7,10,14H2,1-2H3. The van der Waals surface area contributed by atoms with E-state index >= 15 is 0 Å². The Kier molecular flexibility index (Phi) is 5.69. The number of ether oxygens (including phenoxy) is 1. The number of aromatic nitrogens is 4. The molecule has 0 bridgehead atoms. The van der Waals surface area contributed by atoms with Gasteiger partial charge in [-0.25, -0.2) is 15.0 Å². The van der Waals surface area contributed by atoms with E-state index in [2.05, 4.69) is 15.0 Å². The summed E-state index contributed by atoms with van der Waals surface area (Å²) in [5.41, 5.74) is 3.97. The van der Waals surface area contributed by atoms with Crippen molar-refractivity contribution in [1.29, 1.82) is 0 Å². The van der Waals surface area contributed by atoms with Gasteiger partial charge in [0.25, 0.3) is 0 Å². The monoisotopic (exact) mass is 463 g/mol. The summed E-state index contributed by atoms with van der Waals surface area (Å²) < 4.78 is 32.4. The van der Waals surface area contributed by atoms with Crippen LogP contribution in [0.2, 0.25) is 0 Å². The van der Waals surface area contributed by atoms with Gasteiger partial charge in [-0.2, -0.15) is 8.78 Å². The van der Waals surface area contributed by atoms with Crippen LogP contribution in [-0.2, 0) is 11.3 Å². The molecule has 2 aromatic heterocycles. The first-order chi connectivity index (χ1) is 16.4. The smallest absolute Gasteiger partial charge is 0.387 e. The van der Waals surface area contributed by atoms with Crippen LogP contribution in [0.1, 0.15) is 31.2 Å². The minimum absolute atomic E-state index is 0.0390. The molecule has 0 radical (unpaired) electrons. The number of anilines is 1. The SMILES string of the molecule is Cc1nc2ccc(-c3cnc(N4C(=O)CCC4C)nc3)cc2n1Cc1ccccc1OC(F)F. The number of carbonyl (C=O) groups is 1. The Morgan fingerprint density at radius 1 is 1.12 bits per heavy atom. The van der Waals surface area contributed by atoms with Gasteiger partial charge in [-0.05, 0) is 44.0 Å². The molecule has 2 aromatic carbocycles. The summed E-state index contributed by atoms with van der Waals surface area (Å²) in [4.78, 5) is 27.3. The Hall–Kier alpha value is -3.88. The number of halogens is 2. The number of carbonyl (C=O) groups excluding carboxylic acids is 1. The topological polar surface area (TPSA) is 73.1 Å². The van der Waals surface area contributed by atoms with Crippen LogP contribution in [0.5, 0.6) is 5.75 Å². The second kappa shape index (κ2) is 8.81. The first-order valence-corrected chi connectivity index (χ1v) is 11.0. The maximum Gasteiger partial charge on any atom is 0.387 e. The number of para-hydroxylation sites is 1. The van der Waals surface area contributed by atoms with Crippen molar-refractivity contribution in [2.75, 3.05) is 4.90 Å². The number of hydrogen-bond donors (Lipinski definition) is 0. The summed E-state index contributed by atoms with van der Waals surface area (Å²) in [5, 5.41) is 0. The normalized spacial score (nSPS) is 16.1. The van der Waals surface area contributed by atoms with Crippen LogP contribution >= 0.6 is 0 Å². The van der Waals surface area contributed by atoms with Gasteiger partial charge in [-0.1, -0.05) is 24.3 Å². The molecule has 34 heavy (non-hydrogen) atoms. The van der Waals surface area contributed by atoms with Gasteiger partial charge >= 0.3 is 6.61 Å². The zero-order chi connectivity index (χ0) is 23.8. The van der Waals surface area contributed by atoms with Gasteiger partial charge in [-0.3, -0.25) is 9.69 Å². The first kappa shape index (κ1) is 21.9. The molecule has 3 heterocycles. The summed E-state index contributed by atoms with van der Waals surface area (Å²) in [7, 11) is 0. The van der Waals surface area contributed by atoms with Gasteiger partial charge in [0.15, 0.2) is 0 Å². The number of nitrogens with zero attached hydrogens (tertiary/aromatic N) is 5. The summed E-state index contributed by atoms with van der Waals surface area (Å²) in [6, 6.07) is 12.7. The lowest BCUT2D eigenvalue weighted by Gasteiger charge is -2.19. The molecule has 1 amide bonds. The predicted molar refractivity (Wildman–Crippen MR) is 124 cm³/mol. The molecule has 5 rings (SSSR count). The van der Waals surface area contributed by atoms with Crippen molar-refractivity contribution in [2.45, 2.75) is 45.9 Å². The fourth-order valence-corrected chi connectivity index (χ4v) is 4.37. The molecular formula is C25H23F2N5O2. The number of rotatable bonds is 6. The van der Waals surface area contributed by atoms with Gasteiger partial charge in [0.2, 0.25) is 11.9 Å². The highest BCUT2D eigenvalue weighted by atomic mass is 19.3. The van der Waals surface area contributed by atoms with E-state index in [-0.39, 0.29) is 17.7 Å². The Morgan fingerprint density at radius 3 is 2.59 bits per heavy atom. The molecule has 7 nitrogen and oxygen atoms in total. The quantitative estimate of drug-likeness (QED) is 0.404. The number of fused-ring (bicyclic) bond motifs is 1. The zero-order valence-electron chi connectivity index (χ0n) is 18.8. The maximum absolute atomic E-state index is 12.8. The van der Waals surface area contributed by atoms with E-state index < -0.39 is 6.61 Å². The molecule has 4 aromatic rings. The lowest BCUT2D eigenvalue weighted by Crippen LogP contribution is -2.32. The van der Waals surface area contributed by atoms with E-state index in [9.17, 15) is 13.6 Å². The molecule has 1 fully saturated rings. The molecule has 1 aliphatic rings. The predicted octanol–water partition coefficient (Wildman–Crippen LogP) is 4.97. The van der Waals surface area contributed by atoms with Crippen LogP contribution in [0.25, 0.3) is 22.2 Å². The largest absolute Gasteiger partial charge is 0.434 e. The third kappa shape index (κ3) is 4.09. The molecule has 0 N–H and O–H groups in total. The van der Waals surface area contributed by atoms with E-state index in [4.69, 9.17) is 4.74 Å². The van der Waals surface area contributed by atoms with Gasteiger partial charge in [0, 0.05) is 36.0 Å². The van der Waals surface area contributed by atoms with Crippen LogP contribution < -0.4 is 9.64 Å². The van der Waals surface area contributed by atoms with Gasteiger partial charge in [-0.15, -0.1) is 0 Å². The molecule has 1 aliphatic heterocycles. The maximum atomic E-state index is 12.8. The number of amides is 1. The van der Waals surface area contributed by atoms with Crippen LogP contribution in [0.3, 0.4) is 0 Å². The van der Waals surface area contributed by atoms with Crippen molar-refractivity contribution in [3.05, 3.63) is 66.2 Å². The molecule has 0 aliphatic carbocycles. The van der Waals surface area contributed by atoms with E-state index in [1.54, 1.807) is 35.5 Å². The van der Waals surface area contributed by atoms with Crippen molar-refractivity contribution in [3.63, 3.8) is 0 Å². The average Bonchev–Trinajstić information content (AvgIpc) is 3.32. The first-order valence-electron chi connectivity index (χ1n) is 11.0. The Labute approximate surface area is 195 Å². The molecule has 1 atom stereocenters. The van der Waals surface area contributed by atoms with Crippen LogP contribution in [0, 0.1) is 6.92 Å². The van der Waals surface area contributed by atoms with Crippen molar-refractivity contribution < 1.29 is 18.3 Å². The van der Waals surface area contributed by atoms with E-state index in [0.29, 0.717) is 24.5 Å². The van der Waals surface area contributed by atoms with E-state index in [1.165, 1.54) is 6.07 Å². The molecule has 0 saturated carbocycles. The summed E-state index contributed by atoms with van der Waals surface area (Å²) in [6.07, 6.45) is 4.73. The van der Waals surface area contributed by atoms with Gasteiger partial charge in [0.05, 0.1) is 17.6 Å². The van der Waals surface area contributed by atoms with Crippen molar-refractivity contribution in [1.82, 2.24) is 19.5 Å². The van der Waals surface area contributed by atoms with Crippen molar-refractivity contribution >= 4 is 22.9 Å². The third-order valence-electron chi connectivity index (χ3n) is 6.13. The Morgan fingerprint density at radius 2 is 1.88 bits per heavy atom. The minimum Gasteiger partial charge on any atom is -0.434 e. The second-order valence-corrected chi connectivity index (χ2v) is 8.36. The van der Waals surface area contributed by atoms with Crippen LogP contribution in [0.4, 0.5) is 14.7 Å². The molecule has 0 spiro atoms. The summed E-state index contributed by atoms with van der Waals surface area (Å²) >= 11 is 0. The number of aryl methyl sites for hydroxylation is 1. The van der Waals surface area contributed by atoms with E-state index in [1.807, 2.05) is 36.6 Å². The number of benzene rings is 2. The van der Waals surface area contributed by atoms with Crippen LogP contribution in [0.15, 0.2) is 54.9 Å². The number of alkyl halides is 2. The Bertz CT molecular complexity index is 1350. The summed E-state index contributed by atoms with van der Waals surface area (Å²) in [5.74, 6) is 1.35. The second-order valence-electron chi connectivity index (χ2n) is 8.36. The van der Waals surface area contributed by atoms with Gasteiger partial charge in [0.1, 0.15) is 11.6 Å². The summed E-state index contributed by atoms with van der Waals surface area (Å²) in [6.45, 7) is 1.31. The highest BCUT2D eigenvalue weighted by molar-refractivity contribution is 5.94. The average molecular weight is 463 g/mol. The minimum atomic E-state index is -2.89. The molecular weight excluding hydrogens is 440 g/mol. The molecule has 1 unspecified atom stereocenters. The van der Waals surface area contributed by atoms with Crippen molar-refractivity contribution in [3.8, 4) is 16.9 Å². The lowest BCUT2D eigenvalue weighted by atomic mass is 10.1. The fraction of sp³-hybridized carbons (Fsp3) is 0.280. The lowest BCUT2D eigenvalue weighted by molar-refractivity contribution is -0.117. The highest BCUT2D eigenvalue weighted by Gasteiger charge is 2.30. The Balaban J connectivity index is 1.48. The van der Waals surface area contributed by atoms with Crippen LogP contribution in [-0.4, -0.2) is 38.1 Å². The molecule has 9 heteroatoms. The number of imidazole rings is 1. The third-order valence-corrected chi connectivity index (χ3v) is 6.13. The molecule has 174 valence electrons. The molecule has 1 saturated heterocycles. The van der Waals surface area contributed by atoms with Crippen molar-refractivity contribution in [2.24, 2.45) is 0 Å².